The molecule has 2 atom stereocenters. The van der Waals surface area contributed by atoms with Crippen molar-refractivity contribution in [2.75, 3.05) is 33.0 Å². The van der Waals surface area contributed by atoms with Crippen LogP contribution in [0.1, 0.15) is 174 Å². The second kappa shape index (κ2) is 44.8. The molecule has 57 heavy (non-hydrogen) atoms. The molecule has 0 rings (SSSR count). The van der Waals surface area contributed by atoms with E-state index in [0.29, 0.717) is 13.0 Å². The Labute approximate surface area is 349 Å². The predicted octanol–water partition coefficient (Wildman–Crippen LogP) is 13.7. The molecular formula is C48H84NO7P. The van der Waals surface area contributed by atoms with E-state index in [9.17, 15) is 14.3 Å². The highest BCUT2D eigenvalue weighted by Crippen LogP contribution is 2.43. The standard InChI is InChI=1S/C48H84NO7P/c1-3-5-7-9-11-13-15-17-19-21-22-23-24-25-26-28-30-32-34-36-38-40-43-53-45-47(46-55-57(51,52)54-44-42-49)56-48(50)41-39-37-35-33-31-29-27-20-18-16-14-12-10-8-6-4-2/h5,7,11,13-14,16-17,19-20,22-23,25-27,47H,3-4,6,8-10,12,15,18,21,24,28-46,49H2,1-2H3,(H,51,52)/b7-5-,13-11-,16-14-,19-17-,23-22-,26-25-,27-20-. The summed E-state index contributed by atoms with van der Waals surface area (Å²) >= 11 is 0. The summed E-state index contributed by atoms with van der Waals surface area (Å²) in [5.41, 5.74) is 5.37. The highest BCUT2D eigenvalue weighted by atomic mass is 31.2. The molecule has 0 aliphatic carbocycles. The molecule has 0 fully saturated rings. The van der Waals surface area contributed by atoms with Crippen LogP contribution in [0.4, 0.5) is 0 Å². The average molecular weight is 818 g/mol. The summed E-state index contributed by atoms with van der Waals surface area (Å²) in [6.45, 7) is 4.72. The summed E-state index contributed by atoms with van der Waals surface area (Å²) in [4.78, 5) is 22.5. The number of carbonyl (C=O) groups is 1. The fourth-order valence-corrected chi connectivity index (χ4v) is 6.52. The highest BCUT2D eigenvalue weighted by Gasteiger charge is 2.25. The van der Waals surface area contributed by atoms with Gasteiger partial charge in [0.1, 0.15) is 6.10 Å². The molecule has 0 amide bonds. The minimum absolute atomic E-state index is 0.0906. The number of unbranched alkanes of at least 4 members (excludes halogenated alkanes) is 15. The van der Waals surface area contributed by atoms with Crippen LogP contribution in [0, 0.1) is 0 Å². The summed E-state index contributed by atoms with van der Waals surface area (Å²) in [5, 5.41) is 0. The van der Waals surface area contributed by atoms with Crippen LogP contribution in [0.25, 0.3) is 0 Å². The maximum atomic E-state index is 12.6. The molecule has 9 heteroatoms. The number of hydrogen-bond acceptors (Lipinski definition) is 7. The molecule has 0 aromatic heterocycles. The molecule has 8 nitrogen and oxygen atoms in total. The molecule has 0 saturated heterocycles. The average Bonchev–Trinajstić information content (AvgIpc) is 3.20. The monoisotopic (exact) mass is 818 g/mol. The molecule has 0 aromatic rings. The molecule has 0 saturated carbocycles. The summed E-state index contributed by atoms with van der Waals surface area (Å²) in [6, 6.07) is 0. The van der Waals surface area contributed by atoms with Gasteiger partial charge in [-0.1, -0.05) is 163 Å². The Hall–Kier alpha value is -2.32. The number of carbonyl (C=O) groups excluding carboxylic acids is 1. The number of nitrogens with two attached hydrogens (primary N) is 1. The van der Waals surface area contributed by atoms with Gasteiger partial charge in [0.25, 0.3) is 0 Å². The fraction of sp³-hybridized carbons (Fsp3) is 0.688. The van der Waals surface area contributed by atoms with E-state index in [2.05, 4.69) is 98.9 Å². The summed E-state index contributed by atoms with van der Waals surface area (Å²) < 4.78 is 33.4. The second-order valence-corrected chi connectivity index (χ2v) is 16.0. The first-order chi connectivity index (χ1) is 27.9. The first kappa shape index (κ1) is 54.7. The van der Waals surface area contributed by atoms with Crippen LogP contribution in [0.15, 0.2) is 85.1 Å². The van der Waals surface area contributed by atoms with Crippen LogP contribution < -0.4 is 5.73 Å². The third kappa shape index (κ3) is 44.6. The maximum absolute atomic E-state index is 12.6. The normalized spacial score (nSPS) is 14.2. The molecule has 0 aliphatic heterocycles. The largest absolute Gasteiger partial charge is 0.472 e. The Kier molecular flexibility index (Phi) is 43.0. The molecule has 0 heterocycles. The Morgan fingerprint density at radius 1 is 0.544 bits per heavy atom. The summed E-state index contributed by atoms with van der Waals surface area (Å²) in [6.07, 6.45) is 57.4. The lowest BCUT2D eigenvalue weighted by molar-refractivity contribution is -0.154. The molecule has 2 unspecified atom stereocenters. The van der Waals surface area contributed by atoms with Crippen LogP contribution in [-0.4, -0.2) is 49.9 Å². The van der Waals surface area contributed by atoms with Crippen molar-refractivity contribution in [2.45, 2.75) is 180 Å². The Morgan fingerprint density at radius 3 is 1.47 bits per heavy atom. The summed E-state index contributed by atoms with van der Waals surface area (Å²) in [7, 11) is -4.29. The van der Waals surface area contributed by atoms with E-state index in [0.717, 1.165) is 103 Å². The van der Waals surface area contributed by atoms with Crippen LogP contribution in [0.2, 0.25) is 0 Å². The van der Waals surface area contributed by atoms with Crippen molar-refractivity contribution in [1.29, 1.82) is 0 Å². The molecule has 0 bridgehead atoms. The van der Waals surface area contributed by atoms with Gasteiger partial charge in [0.2, 0.25) is 0 Å². The first-order valence-electron chi connectivity index (χ1n) is 22.6. The number of rotatable bonds is 42. The number of hydrogen-bond donors (Lipinski definition) is 2. The maximum Gasteiger partial charge on any atom is 0.472 e. The van der Waals surface area contributed by atoms with E-state index in [4.69, 9.17) is 24.3 Å². The Bertz CT molecular complexity index is 1140. The van der Waals surface area contributed by atoms with Gasteiger partial charge in [0.15, 0.2) is 0 Å². The van der Waals surface area contributed by atoms with Crippen molar-refractivity contribution < 1.29 is 32.8 Å². The van der Waals surface area contributed by atoms with Crippen molar-refractivity contribution in [3.05, 3.63) is 85.1 Å². The molecule has 328 valence electrons. The molecule has 0 spiro atoms. The third-order valence-electron chi connectivity index (χ3n) is 9.05. The number of esters is 1. The van der Waals surface area contributed by atoms with Crippen molar-refractivity contribution in [2.24, 2.45) is 5.73 Å². The zero-order valence-electron chi connectivity index (χ0n) is 36.3. The number of phosphoric ester groups is 1. The predicted molar refractivity (Wildman–Crippen MR) is 242 cm³/mol. The smallest absolute Gasteiger partial charge is 0.457 e. The van der Waals surface area contributed by atoms with Gasteiger partial charge >= 0.3 is 13.8 Å². The molecule has 0 aliphatic rings. The molecular weight excluding hydrogens is 734 g/mol. The van der Waals surface area contributed by atoms with Crippen molar-refractivity contribution in [1.82, 2.24) is 0 Å². The lowest BCUT2D eigenvalue weighted by atomic mass is 10.1. The molecule has 0 aromatic carbocycles. The Morgan fingerprint density at radius 2 is 0.982 bits per heavy atom. The topological polar surface area (TPSA) is 117 Å². The number of phosphoric acid groups is 1. The lowest BCUT2D eigenvalue weighted by Gasteiger charge is -2.20. The molecule has 3 N–H and O–H groups in total. The number of allylic oxidation sites excluding steroid dienone is 14. The van der Waals surface area contributed by atoms with Gasteiger partial charge in [0.05, 0.1) is 19.8 Å². The van der Waals surface area contributed by atoms with Gasteiger partial charge in [-0.05, 0) is 89.9 Å². The zero-order valence-corrected chi connectivity index (χ0v) is 37.2. The van der Waals surface area contributed by atoms with Crippen molar-refractivity contribution >= 4 is 13.8 Å². The van der Waals surface area contributed by atoms with Crippen LogP contribution >= 0.6 is 7.82 Å². The van der Waals surface area contributed by atoms with Crippen LogP contribution in [0.5, 0.6) is 0 Å². The van der Waals surface area contributed by atoms with E-state index in [-0.39, 0.29) is 32.3 Å². The van der Waals surface area contributed by atoms with Gasteiger partial charge in [-0.15, -0.1) is 0 Å². The van der Waals surface area contributed by atoms with Gasteiger partial charge < -0.3 is 20.1 Å². The summed E-state index contributed by atoms with van der Waals surface area (Å²) in [5.74, 6) is -0.353. The first-order valence-corrected chi connectivity index (χ1v) is 24.1. The zero-order chi connectivity index (χ0) is 41.6. The van der Waals surface area contributed by atoms with E-state index in [1.54, 1.807) is 0 Å². The van der Waals surface area contributed by atoms with E-state index in [1.807, 2.05) is 0 Å². The van der Waals surface area contributed by atoms with E-state index >= 15 is 0 Å². The SMILES string of the molecule is CC/C=C\C/C=C\C/C=C\C/C=C\C/C=C\CCCCCCCCOCC(COP(=O)(O)OCCN)OC(=O)CCCCCCC/C=C\C/C=C\CCCCCC. The van der Waals surface area contributed by atoms with Crippen molar-refractivity contribution in [3.8, 4) is 0 Å². The van der Waals surface area contributed by atoms with Gasteiger partial charge in [-0.2, -0.15) is 0 Å². The minimum Gasteiger partial charge on any atom is -0.457 e. The van der Waals surface area contributed by atoms with Gasteiger partial charge in [0, 0.05) is 19.6 Å². The van der Waals surface area contributed by atoms with Crippen molar-refractivity contribution in [3.63, 3.8) is 0 Å². The van der Waals surface area contributed by atoms with E-state index < -0.39 is 13.9 Å². The second-order valence-electron chi connectivity index (χ2n) is 14.5. The van der Waals surface area contributed by atoms with E-state index in [1.165, 1.54) is 51.4 Å². The quantitative estimate of drug-likeness (QED) is 0.0271. The molecule has 0 radical (unpaired) electrons. The lowest BCUT2D eigenvalue weighted by Crippen LogP contribution is -2.28. The van der Waals surface area contributed by atoms with Gasteiger partial charge in [-0.25, -0.2) is 4.57 Å². The fourth-order valence-electron chi connectivity index (χ4n) is 5.76. The Balaban J connectivity index is 4.09. The number of ether oxygens (including phenoxy) is 2. The van der Waals surface area contributed by atoms with Crippen LogP contribution in [-0.2, 0) is 27.9 Å². The third-order valence-corrected chi connectivity index (χ3v) is 10.0. The highest BCUT2D eigenvalue weighted by molar-refractivity contribution is 7.47. The van der Waals surface area contributed by atoms with Crippen LogP contribution in [0.3, 0.4) is 0 Å². The van der Waals surface area contributed by atoms with Gasteiger partial charge in [-0.3, -0.25) is 13.8 Å². The minimum atomic E-state index is -4.29.